The predicted molar refractivity (Wildman–Crippen MR) is 176 cm³/mol. The summed E-state index contributed by atoms with van der Waals surface area (Å²) in [5.74, 6) is 0.691. The van der Waals surface area contributed by atoms with Gasteiger partial charge < -0.3 is 9.47 Å². The fourth-order valence-electron chi connectivity index (χ4n) is 4.53. The highest BCUT2D eigenvalue weighted by molar-refractivity contribution is 7.92. The van der Waals surface area contributed by atoms with Crippen LogP contribution in [0.3, 0.4) is 0 Å². The monoisotopic (exact) mass is 619 g/mol. The summed E-state index contributed by atoms with van der Waals surface area (Å²) in [4.78, 5) is 13.4. The van der Waals surface area contributed by atoms with E-state index in [1.807, 2.05) is 85.8 Å². The van der Waals surface area contributed by atoms with E-state index in [1.54, 1.807) is 36.4 Å². The minimum atomic E-state index is -4.08. The molecular weight excluding hydrogens is 586 g/mol. The molecule has 5 aromatic carbocycles. The summed E-state index contributed by atoms with van der Waals surface area (Å²) in [7, 11) is -2.56. The van der Waals surface area contributed by atoms with Gasteiger partial charge in [0.05, 0.1) is 36.0 Å². The van der Waals surface area contributed by atoms with Crippen molar-refractivity contribution in [1.82, 2.24) is 5.43 Å². The molecule has 45 heavy (non-hydrogen) atoms. The lowest BCUT2D eigenvalue weighted by Gasteiger charge is -2.26. The minimum absolute atomic E-state index is 0.0150. The van der Waals surface area contributed by atoms with Crippen molar-refractivity contribution < 1.29 is 22.7 Å². The van der Waals surface area contributed by atoms with E-state index in [0.717, 1.165) is 16.7 Å². The van der Waals surface area contributed by atoms with E-state index in [-0.39, 0.29) is 22.7 Å². The highest BCUT2D eigenvalue weighted by Gasteiger charge is 2.28. The number of para-hydroxylation sites is 1. The molecule has 0 aliphatic rings. The molecule has 228 valence electrons. The van der Waals surface area contributed by atoms with Crippen LogP contribution in [0.15, 0.2) is 137 Å². The van der Waals surface area contributed by atoms with Gasteiger partial charge in [-0.05, 0) is 84.3 Å². The van der Waals surface area contributed by atoms with Crippen molar-refractivity contribution in [2.45, 2.75) is 25.0 Å². The van der Waals surface area contributed by atoms with Crippen molar-refractivity contribution in [1.29, 1.82) is 0 Å². The summed E-state index contributed by atoms with van der Waals surface area (Å²) in [6.07, 6.45) is 1.51. The predicted octanol–water partition coefficient (Wildman–Crippen LogP) is 6.74. The summed E-state index contributed by atoms with van der Waals surface area (Å²) >= 11 is 0. The Kier molecular flexibility index (Phi) is 9.91. The molecule has 0 saturated carbocycles. The SMILES string of the molecule is COc1ccc(S(=O)(=O)N(Cc2ccccc2)c2ccccc2C(=O)N/N=C\c2ccc(OCc3ccc(C)cc3)cc2)cc1. The summed E-state index contributed by atoms with van der Waals surface area (Å²) < 4.78 is 40.3. The molecule has 9 heteroatoms. The number of nitrogens with zero attached hydrogens (tertiary/aromatic N) is 2. The van der Waals surface area contributed by atoms with E-state index in [0.29, 0.717) is 18.1 Å². The molecule has 0 aliphatic carbocycles. The number of aryl methyl sites for hydroxylation is 1. The van der Waals surface area contributed by atoms with Crippen LogP contribution in [0.4, 0.5) is 5.69 Å². The van der Waals surface area contributed by atoms with Crippen molar-refractivity contribution in [3.63, 3.8) is 0 Å². The van der Waals surface area contributed by atoms with Crippen molar-refractivity contribution in [2.24, 2.45) is 5.10 Å². The number of carbonyl (C=O) groups is 1. The topological polar surface area (TPSA) is 97.3 Å². The molecular formula is C36H33N3O5S. The number of methoxy groups -OCH3 is 1. The summed E-state index contributed by atoms with van der Waals surface area (Å²) in [6, 6.07) is 37.4. The lowest BCUT2D eigenvalue weighted by atomic mass is 10.1. The number of sulfonamides is 1. The third-order valence-corrected chi connectivity index (χ3v) is 8.79. The van der Waals surface area contributed by atoms with Crippen molar-refractivity contribution in [3.8, 4) is 11.5 Å². The van der Waals surface area contributed by atoms with Crippen LogP contribution in [-0.2, 0) is 23.2 Å². The van der Waals surface area contributed by atoms with Crippen LogP contribution in [0.25, 0.3) is 0 Å². The Bertz CT molecular complexity index is 1860. The Morgan fingerprint density at radius 1 is 0.778 bits per heavy atom. The fraction of sp³-hybridized carbons (Fsp3) is 0.111. The normalized spacial score (nSPS) is 11.2. The van der Waals surface area contributed by atoms with Gasteiger partial charge in [0, 0.05) is 0 Å². The number of amides is 1. The van der Waals surface area contributed by atoms with Gasteiger partial charge in [-0.2, -0.15) is 5.10 Å². The zero-order chi connectivity index (χ0) is 31.6. The van der Waals surface area contributed by atoms with Gasteiger partial charge in [0.1, 0.15) is 18.1 Å². The number of benzene rings is 5. The van der Waals surface area contributed by atoms with Crippen LogP contribution in [-0.4, -0.2) is 27.6 Å². The molecule has 5 rings (SSSR count). The second-order valence-electron chi connectivity index (χ2n) is 10.2. The van der Waals surface area contributed by atoms with Gasteiger partial charge in [-0.3, -0.25) is 9.10 Å². The molecule has 1 amide bonds. The van der Waals surface area contributed by atoms with Gasteiger partial charge in [0.2, 0.25) is 0 Å². The molecule has 0 aliphatic heterocycles. The zero-order valence-electron chi connectivity index (χ0n) is 25.0. The molecule has 8 nitrogen and oxygen atoms in total. The lowest BCUT2D eigenvalue weighted by molar-refractivity contribution is 0.0955. The second-order valence-corrected chi connectivity index (χ2v) is 12.1. The molecule has 0 saturated heterocycles. The number of nitrogens with one attached hydrogen (secondary N) is 1. The van der Waals surface area contributed by atoms with E-state index in [1.165, 1.54) is 35.3 Å². The average molecular weight is 620 g/mol. The third-order valence-electron chi connectivity index (χ3n) is 7.02. The first kappa shape index (κ1) is 31.0. The van der Waals surface area contributed by atoms with Gasteiger partial charge >= 0.3 is 0 Å². The number of rotatable bonds is 12. The minimum Gasteiger partial charge on any atom is -0.497 e. The highest BCUT2D eigenvalue weighted by atomic mass is 32.2. The maximum absolute atomic E-state index is 14.0. The number of carbonyl (C=O) groups excluding carboxylic acids is 1. The Hall–Kier alpha value is -5.41. The molecule has 0 unspecified atom stereocenters. The Morgan fingerprint density at radius 3 is 2.11 bits per heavy atom. The molecule has 0 atom stereocenters. The van der Waals surface area contributed by atoms with Gasteiger partial charge in [-0.15, -0.1) is 0 Å². The lowest BCUT2D eigenvalue weighted by Crippen LogP contribution is -2.33. The van der Waals surface area contributed by atoms with Crippen LogP contribution in [0, 0.1) is 6.92 Å². The Balaban J connectivity index is 1.33. The summed E-state index contributed by atoms with van der Waals surface area (Å²) in [6.45, 7) is 2.51. The van der Waals surface area contributed by atoms with E-state index in [2.05, 4.69) is 10.5 Å². The largest absolute Gasteiger partial charge is 0.497 e. The molecule has 5 aromatic rings. The van der Waals surface area contributed by atoms with Crippen molar-refractivity contribution >= 4 is 27.8 Å². The molecule has 1 N–H and O–H groups in total. The molecule has 0 bridgehead atoms. The number of hydrogen-bond acceptors (Lipinski definition) is 6. The standard InChI is InChI=1S/C36H33N3O5S/c1-27-12-14-30(15-13-27)26-44-32-18-16-28(17-19-32)24-37-38-36(40)34-10-6-7-11-35(34)39(25-29-8-4-3-5-9-29)45(41,42)33-22-20-31(43-2)21-23-33/h3-24H,25-26H2,1-2H3,(H,38,40)/b37-24-. The fourth-order valence-corrected chi connectivity index (χ4v) is 6.01. The van der Waals surface area contributed by atoms with Gasteiger partial charge in [0.25, 0.3) is 15.9 Å². The van der Waals surface area contributed by atoms with Crippen LogP contribution < -0.4 is 19.2 Å². The van der Waals surface area contributed by atoms with E-state index in [9.17, 15) is 13.2 Å². The molecule has 0 spiro atoms. The molecule has 0 fully saturated rings. The van der Waals surface area contributed by atoms with Crippen molar-refractivity contribution in [3.05, 3.63) is 155 Å². The number of hydrogen-bond donors (Lipinski definition) is 1. The first-order chi connectivity index (χ1) is 21.8. The van der Waals surface area contributed by atoms with Gasteiger partial charge in [-0.1, -0.05) is 72.3 Å². The van der Waals surface area contributed by atoms with E-state index >= 15 is 0 Å². The average Bonchev–Trinajstić information content (AvgIpc) is 3.08. The van der Waals surface area contributed by atoms with E-state index in [4.69, 9.17) is 9.47 Å². The molecule has 0 aromatic heterocycles. The number of ether oxygens (including phenoxy) is 2. The number of hydrazone groups is 1. The number of anilines is 1. The first-order valence-electron chi connectivity index (χ1n) is 14.2. The zero-order valence-corrected chi connectivity index (χ0v) is 25.8. The highest BCUT2D eigenvalue weighted by Crippen LogP contribution is 2.30. The maximum Gasteiger partial charge on any atom is 0.273 e. The smallest absolute Gasteiger partial charge is 0.273 e. The summed E-state index contributed by atoms with van der Waals surface area (Å²) in [5.41, 5.74) is 6.70. The van der Waals surface area contributed by atoms with Crippen LogP contribution in [0.2, 0.25) is 0 Å². The van der Waals surface area contributed by atoms with Gasteiger partial charge in [0.15, 0.2) is 0 Å². The maximum atomic E-state index is 14.0. The van der Waals surface area contributed by atoms with Gasteiger partial charge in [-0.25, -0.2) is 13.8 Å². The molecule has 0 radical (unpaired) electrons. The van der Waals surface area contributed by atoms with Crippen LogP contribution in [0.5, 0.6) is 11.5 Å². The first-order valence-corrected chi connectivity index (χ1v) is 15.7. The Morgan fingerprint density at radius 2 is 1.42 bits per heavy atom. The summed E-state index contributed by atoms with van der Waals surface area (Å²) in [5, 5.41) is 4.13. The third kappa shape index (κ3) is 7.95. The Labute approximate surface area is 263 Å². The van der Waals surface area contributed by atoms with Crippen molar-refractivity contribution in [2.75, 3.05) is 11.4 Å². The quantitative estimate of drug-likeness (QED) is 0.123. The van der Waals surface area contributed by atoms with E-state index < -0.39 is 15.9 Å². The molecule has 0 heterocycles. The van der Waals surface area contributed by atoms with Crippen LogP contribution in [0.1, 0.15) is 32.6 Å². The second kappa shape index (κ2) is 14.4. The van der Waals surface area contributed by atoms with Crippen LogP contribution >= 0.6 is 0 Å².